The highest BCUT2D eigenvalue weighted by Crippen LogP contribution is 2.37. The van der Waals surface area contributed by atoms with E-state index in [0.717, 1.165) is 31.6 Å². The first-order chi connectivity index (χ1) is 9.22. The van der Waals surface area contributed by atoms with Gasteiger partial charge in [-0.3, -0.25) is 0 Å². The largest absolute Gasteiger partial charge is 0.378 e. The second-order valence-electron chi connectivity index (χ2n) is 5.95. The van der Waals surface area contributed by atoms with E-state index < -0.39 is 0 Å². The third kappa shape index (κ3) is 2.98. The van der Waals surface area contributed by atoms with Gasteiger partial charge in [-0.1, -0.05) is 12.1 Å². The van der Waals surface area contributed by atoms with E-state index in [2.05, 4.69) is 12.2 Å². The summed E-state index contributed by atoms with van der Waals surface area (Å²) in [5.74, 6) is 1.07. The average molecular weight is 263 g/mol. The van der Waals surface area contributed by atoms with Crippen molar-refractivity contribution in [1.82, 2.24) is 5.32 Å². The van der Waals surface area contributed by atoms with Crippen molar-refractivity contribution >= 4 is 0 Å². The molecule has 1 saturated heterocycles. The molecule has 2 nitrogen and oxygen atoms in total. The van der Waals surface area contributed by atoms with E-state index in [1.54, 1.807) is 6.07 Å². The Morgan fingerprint density at radius 3 is 2.89 bits per heavy atom. The van der Waals surface area contributed by atoms with E-state index in [9.17, 15) is 4.39 Å². The first kappa shape index (κ1) is 13.1. The molecule has 0 bridgehead atoms. The lowest BCUT2D eigenvalue weighted by atomic mass is 9.75. The first-order valence-electron chi connectivity index (χ1n) is 7.33. The lowest BCUT2D eigenvalue weighted by Crippen LogP contribution is -2.43. The molecule has 3 heteroatoms. The van der Waals surface area contributed by atoms with Crippen LogP contribution in [-0.4, -0.2) is 25.3 Å². The third-order valence-corrected chi connectivity index (χ3v) is 4.66. The van der Waals surface area contributed by atoms with Crippen molar-refractivity contribution in [1.29, 1.82) is 0 Å². The van der Waals surface area contributed by atoms with E-state index in [0.29, 0.717) is 24.0 Å². The molecule has 2 aliphatic rings. The molecule has 0 spiro atoms. The molecule has 104 valence electrons. The standard InChI is InChI=1S/C16H22FNO/c1-11-13(5-6-19-11)10-18-16-8-14(9-16)12-3-2-4-15(17)7-12/h2-4,7,11,13-14,16,18H,5-6,8-10H2,1H3. The molecule has 3 rings (SSSR count). The molecule has 1 aliphatic carbocycles. The van der Waals surface area contributed by atoms with Crippen LogP contribution in [0.5, 0.6) is 0 Å². The molecule has 1 aliphatic heterocycles. The monoisotopic (exact) mass is 263 g/mol. The Kier molecular flexibility index (Phi) is 3.85. The zero-order valence-electron chi connectivity index (χ0n) is 11.4. The summed E-state index contributed by atoms with van der Waals surface area (Å²) in [5.41, 5.74) is 1.15. The predicted octanol–water partition coefficient (Wildman–Crippen LogP) is 3.09. The fourth-order valence-electron chi connectivity index (χ4n) is 3.18. The summed E-state index contributed by atoms with van der Waals surface area (Å²) in [7, 11) is 0. The molecule has 1 N–H and O–H groups in total. The van der Waals surface area contributed by atoms with Gasteiger partial charge in [0.05, 0.1) is 6.10 Å². The van der Waals surface area contributed by atoms with Crippen LogP contribution >= 0.6 is 0 Å². The number of ether oxygens (including phenoxy) is 1. The SMILES string of the molecule is CC1OCCC1CNC1CC(c2cccc(F)c2)C1. The zero-order chi connectivity index (χ0) is 13.2. The fraction of sp³-hybridized carbons (Fsp3) is 0.625. The topological polar surface area (TPSA) is 21.3 Å². The van der Waals surface area contributed by atoms with Gasteiger partial charge in [-0.15, -0.1) is 0 Å². The molecule has 2 fully saturated rings. The summed E-state index contributed by atoms with van der Waals surface area (Å²) in [6.45, 7) is 4.13. The number of benzene rings is 1. The number of rotatable bonds is 4. The van der Waals surface area contributed by atoms with Crippen molar-refractivity contribution in [3.05, 3.63) is 35.6 Å². The molecule has 19 heavy (non-hydrogen) atoms. The van der Waals surface area contributed by atoms with Crippen LogP contribution in [0.2, 0.25) is 0 Å². The maximum Gasteiger partial charge on any atom is 0.123 e. The average Bonchev–Trinajstić information content (AvgIpc) is 2.73. The lowest BCUT2D eigenvalue weighted by molar-refractivity contribution is 0.103. The normalized spacial score (nSPS) is 34.2. The van der Waals surface area contributed by atoms with Crippen molar-refractivity contribution in [3.63, 3.8) is 0 Å². The van der Waals surface area contributed by atoms with Gasteiger partial charge in [-0.05, 0) is 55.7 Å². The van der Waals surface area contributed by atoms with Gasteiger partial charge < -0.3 is 10.1 Å². The van der Waals surface area contributed by atoms with Crippen LogP contribution in [0.4, 0.5) is 4.39 Å². The molecular formula is C16H22FNO. The molecule has 2 atom stereocenters. The Labute approximate surface area is 114 Å². The lowest BCUT2D eigenvalue weighted by Gasteiger charge is -2.37. The number of nitrogens with one attached hydrogen (secondary N) is 1. The summed E-state index contributed by atoms with van der Waals surface area (Å²) in [6, 6.07) is 7.63. The van der Waals surface area contributed by atoms with E-state index in [4.69, 9.17) is 4.74 Å². The van der Waals surface area contributed by atoms with Gasteiger partial charge in [0.1, 0.15) is 5.82 Å². The van der Waals surface area contributed by atoms with Crippen molar-refractivity contribution in [2.75, 3.05) is 13.2 Å². The summed E-state index contributed by atoms with van der Waals surface area (Å²) in [4.78, 5) is 0. The van der Waals surface area contributed by atoms with Crippen LogP contribution in [0.3, 0.4) is 0 Å². The minimum Gasteiger partial charge on any atom is -0.378 e. The van der Waals surface area contributed by atoms with E-state index in [1.807, 2.05) is 12.1 Å². The molecule has 1 heterocycles. The van der Waals surface area contributed by atoms with Crippen molar-refractivity contribution in [2.24, 2.45) is 5.92 Å². The maximum atomic E-state index is 13.2. The van der Waals surface area contributed by atoms with Gasteiger partial charge in [0.15, 0.2) is 0 Å². The molecule has 1 saturated carbocycles. The van der Waals surface area contributed by atoms with E-state index in [1.165, 1.54) is 12.5 Å². The smallest absolute Gasteiger partial charge is 0.123 e. The first-order valence-corrected chi connectivity index (χ1v) is 7.33. The minimum absolute atomic E-state index is 0.120. The molecular weight excluding hydrogens is 241 g/mol. The number of halogens is 1. The zero-order valence-corrected chi connectivity index (χ0v) is 11.4. The number of hydrogen-bond acceptors (Lipinski definition) is 2. The Morgan fingerprint density at radius 2 is 2.21 bits per heavy atom. The summed E-state index contributed by atoms with van der Waals surface area (Å²) >= 11 is 0. The molecule has 1 aromatic rings. The summed E-state index contributed by atoms with van der Waals surface area (Å²) in [5, 5.41) is 3.63. The van der Waals surface area contributed by atoms with Crippen molar-refractivity contribution in [2.45, 2.75) is 44.2 Å². The van der Waals surface area contributed by atoms with Gasteiger partial charge in [0, 0.05) is 19.2 Å². The van der Waals surface area contributed by atoms with Crippen LogP contribution in [0.1, 0.15) is 37.7 Å². The summed E-state index contributed by atoms with van der Waals surface area (Å²) in [6.07, 6.45) is 3.83. The Hall–Kier alpha value is -0.930. The van der Waals surface area contributed by atoms with Crippen LogP contribution in [0.25, 0.3) is 0 Å². The van der Waals surface area contributed by atoms with Crippen molar-refractivity contribution < 1.29 is 9.13 Å². The van der Waals surface area contributed by atoms with Gasteiger partial charge in [-0.25, -0.2) is 4.39 Å². The van der Waals surface area contributed by atoms with E-state index in [-0.39, 0.29) is 5.82 Å². The van der Waals surface area contributed by atoms with Gasteiger partial charge in [-0.2, -0.15) is 0 Å². The minimum atomic E-state index is -0.120. The van der Waals surface area contributed by atoms with Gasteiger partial charge in [0.2, 0.25) is 0 Å². The summed E-state index contributed by atoms with van der Waals surface area (Å²) < 4.78 is 18.7. The Bertz CT molecular complexity index is 431. The highest BCUT2D eigenvalue weighted by atomic mass is 19.1. The van der Waals surface area contributed by atoms with Crippen LogP contribution < -0.4 is 5.32 Å². The highest BCUT2D eigenvalue weighted by molar-refractivity contribution is 5.23. The quantitative estimate of drug-likeness (QED) is 0.901. The second-order valence-corrected chi connectivity index (χ2v) is 5.95. The second kappa shape index (κ2) is 5.59. The molecule has 0 amide bonds. The number of hydrogen-bond donors (Lipinski definition) is 1. The molecule has 2 unspecified atom stereocenters. The molecule has 0 aromatic heterocycles. The fourth-order valence-corrected chi connectivity index (χ4v) is 3.18. The Morgan fingerprint density at radius 1 is 1.37 bits per heavy atom. The van der Waals surface area contributed by atoms with Crippen LogP contribution in [0.15, 0.2) is 24.3 Å². The van der Waals surface area contributed by atoms with Crippen molar-refractivity contribution in [3.8, 4) is 0 Å². The Balaban J connectivity index is 1.43. The van der Waals surface area contributed by atoms with E-state index >= 15 is 0 Å². The van der Waals surface area contributed by atoms with Gasteiger partial charge in [0.25, 0.3) is 0 Å². The highest BCUT2D eigenvalue weighted by Gasteiger charge is 2.32. The maximum absolute atomic E-state index is 13.2. The van der Waals surface area contributed by atoms with Crippen LogP contribution in [-0.2, 0) is 4.74 Å². The third-order valence-electron chi connectivity index (χ3n) is 4.66. The van der Waals surface area contributed by atoms with Gasteiger partial charge >= 0.3 is 0 Å². The predicted molar refractivity (Wildman–Crippen MR) is 73.7 cm³/mol. The molecule has 1 aromatic carbocycles. The molecule has 0 radical (unpaired) electrons. The van der Waals surface area contributed by atoms with Crippen LogP contribution in [0, 0.1) is 11.7 Å².